The molecule has 0 unspecified atom stereocenters. The second kappa shape index (κ2) is 13.1. The van der Waals surface area contributed by atoms with Gasteiger partial charge >= 0.3 is 0 Å². The predicted octanol–water partition coefficient (Wildman–Crippen LogP) is 6.51. The van der Waals surface area contributed by atoms with Crippen molar-refractivity contribution in [3.63, 3.8) is 0 Å². The Kier molecular flexibility index (Phi) is 10.3. The van der Waals surface area contributed by atoms with Crippen LogP contribution < -0.4 is 0 Å². The molecule has 1 heterocycles. The highest BCUT2D eigenvalue weighted by molar-refractivity contribution is 5.40. The van der Waals surface area contributed by atoms with Gasteiger partial charge in [0.25, 0.3) is 0 Å². The molecule has 0 aliphatic carbocycles. The minimum atomic E-state index is 0.744. The number of rotatable bonds is 11. The Morgan fingerprint density at radius 2 is 1.30 bits per heavy atom. The molecule has 0 aliphatic heterocycles. The Morgan fingerprint density at radius 3 is 2.00 bits per heavy atom. The highest BCUT2D eigenvalue weighted by atomic mass is 15.1. The van der Waals surface area contributed by atoms with Gasteiger partial charge in [-0.15, -0.1) is 5.10 Å². The van der Waals surface area contributed by atoms with E-state index >= 15 is 0 Å². The Labute approximate surface area is 165 Å². The molecular weight excluding hydrogens is 328 g/mol. The summed E-state index contributed by atoms with van der Waals surface area (Å²) in [5, 5.41) is 8.59. The Morgan fingerprint density at radius 1 is 0.630 bits per heavy atom. The van der Waals surface area contributed by atoms with Crippen LogP contribution >= 0.6 is 0 Å². The molecule has 1 aromatic carbocycles. The van der Waals surface area contributed by atoms with Crippen molar-refractivity contribution in [2.45, 2.75) is 84.5 Å². The third-order valence-corrected chi connectivity index (χ3v) is 4.86. The molecule has 0 atom stereocenters. The second-order valence-electron chi connectivity index (χ2n) is 7.33. The average Bonchev–Trinajstić information content (AvgIpc) is 2.71. The predicted molar refractivity (Wildman–Crippen MR) is 115 cm³/mol. The Bertz CT molecular complexity index is 690. The maximum absolute atomic E-state index is 4.33. The van der Waals surface area contributed by atoms with E-state index in [0.29, 0.717) is 0 Å². The largest absolute Gasteiger partial charge is 0.154 e. The molecule has 0 bridgehead atoms. The van der Waals surface area contributed by atoms with Crippen molar-refractivity contribution >= 4 is 0 Å². The van der Waals surface area contributed by atoms with Gasteiger partial charge < -0.3 is 0 Å². The first-order valence-corrected chi connectivity index (χ1v) is 10.8. The summed E-state index contributed by atoms with van der Waals surface area (Å²) in [5.74, 6) is 6.32. The summed E-state index contributed by atoms with van der Waals surface area (Å²) in [6.07, 6.45) is 13.9. The lowest BCUT2D eigenvalue weighted by molar-refractivity contribution is 0.603. The lowest BCUT2D eigenvalue weighted by Gasteiger charge is -2.01. The summed E-state index contributed by atoms with van der Waals surface area (Å²) in [7, 11) is 0. The maximum Gasteiger partial charge on any atom is 0.136 e. The molecule has 2 aromatic rings. The molecule has 0 saturated carbocycles. The fourth-order valence-corrected chi connectivity index (χ4v) is 3.12. The molecule has 0 saturated heterocycles. The molecule has 2 heteroatoms. The standard InChI is InChI=1S/C25H34N2/c1-3-5-7-8-9-11-13-24-20-21-25(27-26-24)19-18-23-16-14-22(15-17-23)12-10-6-4-2/h14-17,20-21H,3-13H2,1-2H3. The highest BCUT2D eigenvalue weighted by Crippen LogP contribution is 2.10. The van der Waals surface area contributed by atoms with Crippen LogP contribution in [0.4, 0.5) is 0 Å². The van der Waals surface area contributed by atoms with Gasteiger partial charge in [-0.25, -0.2) is 0 Å². The summed E-state index contributed by atoms with van der Waals surface area (Å²) in [6, 6.07) is 12.7. The first-order valence-electron chi connectivity index (χ1n) is 10.8. The van der Waals surface area contributed by atoms with Crippen LogP contribution in [-0.4, -0.2) is 10.2 Å². The summed E-state index contributed by atoms with van der Waals surface area (Å²) in [5.41, 5.74) is 4.25. The lowest BCUT2D eigenvalue weighted by atomic mass is 10.1. The van der Waals surface area contributed by atoms with Crippen LogP contribution in [0.1, 0.15) is 94.1 Å². The first-order chi connectivity index (χ1) is 13.3. The quantitative estimate of drug-likeness (QED) is 0.336. The second-order valence-corrected chi connectivity index (χ2v) is 7.33. The number of nitrogens with zero attached hydrogens (tertiary/aromatic N) is 2. The van der Waals surface area contributed by atoms with Crippen molar-refractivity contribution < 1.29 is 0 Å². The number of hydrogen-bond acceptors (Lipinski definition) is 2. The fourth-order valence-electron chi connectivity index (χ4n) is 3.12. The van der Waals surface area contributed by atoms with Gasteiger partial charge in [-0.2, -0.15) is 5.10 Å². The van der Waals surface area contributed by atoms with Crippen molar-refractivity contribution in [2.24, 2.45) is 0 Å². The van der Waals surface area contributed by atoms with Crippen molar-refractivity contribution in [1.29, 1.82) is 0 Å². The van der Waals surface area contributed by atoms with Crippen LogP contribution in [0.25, 0.3) is 0 Å². The van der Waals surface area contributed by atoms with Crippen LogP contribution in [0.2, 0.25) is 0 Å². The van der Waals surface area contributed by atoms with Crippen molar-refractivity contribution in [3.05, 3.63) is 58.9 Å². The zero-order chi connectivity index (χ0) is 19.2. The van der Waals surface area contributed by atoms with E-state index in [9.17, 15) is 0 Å². The molecule has 0 aliphatic rings. The minimum Gasteiger partial charge on any atom is -0.154 e. The average molecular weight is 363 g/mol. The normalized spacial score (nSPS) is 10.4. The third-order valence-electron chi connectivity index (χ3n) is 4.86. The van der Waals surface area contributed by atoms with Gasteiger partial charge in [0.1, 0.15) is 5.69 Å². The number of hydrogen-bond donors (Lipinski definition) is 0. The van der Waals surface area contributed by atoms with Gasteiger partial charge in [-0.1, -0.05) is 76.8 Å². The van der Waals surface area contributed by atoms with Gasteiger partial charge in [0.15, 0.2) is 0 Å². The Hall–Kier alpha value is -2.14. The zero-order valence-corrected chi connectivity index (χ0v) is 17.1. The number of benzene rings is 1. The molecule has 0 amide bonds. The minimum absolute atomic E-state index is 0.744. The SMILES string of the molecule is CCCCCCCCc1ccc(C#Cc2ccc(CCCCC)cc2)nn1. The molecular formula is C25H34N2. The highest BCUT2D eigenvalue weighted by Gasteiger charge is 1.98. The van der Waals surface area contributed by atoms with E-state index in [1.54, 1.807) is 0 Å². The van der Waals surface area contributed by atoms with Crippen LogP contribution in [0.5, 0.6) is 0 Å². The molecule has 0 fully saturated rings. The van der Waals surface area contributed by atoms with Crippen LogP contribution in [0.3, 0.4) is 0 Å². The van der Waals surface area contributed by atoms with Crippen LogP contribution in [-0.2, 0) is 12.8 Å². The third kappa shape index (κ3) is 8.87. The summed E-state index contributed by atoms with van der Waals surface area (Å²) >= 11 is 0. The molecule has 1 aromatic heterocycles. The van der Waals surface area contributed by atoms with E-state index < -0.39 is 0 Å². The molecule has 2 rings (SSSR count). The molecule has 27 heavy (non-hydrogen) atoms. The van der Waals surface area contributed by atoms with Crippen molar-refractivity contribution in [3.8, 4) is 11.8 Å². The smallest absolute Gasteiger partial charge is 0.136 e. The van der Waals surface area contributed by atoms with Crippen LogP contribution in [0, 0.1) is 11.8 Å². The Balaban J connectivity index is 1.77. The number of aromatic nitrogens is 2. The van der Waals surface area contributed by atoms with E-state index in [4.69, 9.17) is 0 Å². The monoisotopic (exact) mass is 362 g/mol. The van der Waals surface area contributed by atoms with Gasteiger partial charge in [-0.05, 0) is 61.4 Å². The number of aryl methyl sites for hydroxylation is 2. The van der Waals surface area contributed by atoms with Crippen molar-refractivity contribution in [1.82, 2.24) is 10.2 Å². The van der Waals surface area contributed by atoms with E-state index in [0.717, 1.165) is 29.8 Å². The first kappa shape index (κ1) is 21.2. The van der Waals surface area contributed by atoms with E-state index in [1.807, 2.05) is 6.07 Å². The topological polar surface area (TPSA) is 25.8 Å². The van der Waals surface area contributed by atoms with Gasteiger partial charge in [0.2, 0.25) is 0 Å². The molecule has 0 N–H and O–H groups in total. The van der Waals surface area contributed by atoms with Gasteiger partial charge in [-0.3, -0.25) is 0 Å². The van der Waals surface area contributed by atoms with E-state index in [1.165, 1.54) is 63.4 Å². The van der Waals surface area contributed by atoms with Gasteiger partial charge in [0, 0.05) is 5.56 Å². The van der Waals surface area contributed by atoms with Gasteiger partial charge in [0.05, 0.1) is 5.69 Å². The summed E-state index contributed by atoms with van der Waals surface area (Å²) in [4.78, 5) is 0. The molecule has 2 nitrogen and oxygen atoms in total. The lowest BCUT2D eigenvalue weighted by Crippen LogP contribution is -1.95. The molecule has 0 radical (unpaired) electrons. The summed E-state index contributed by atoms with van der Waals surface area (Å²) in [6.45, 7) is 4.49. The van der Waals surface area contributed by atoms with Crippen molar-refractivity contribution in [2.75, 3.05) is 0 Å². The van der Waals surface area contributed by atoms with E-state index in [-0.39, 0.29) is 0 Å². The fraction of sp³-hybridized carbons (Fsp3) is 0.520. The molecule has 144 valence electrons. The molecule has 0 spiro atoms. The summed E-state index contributed by atoms with van der Waals surface area (Å²) < 4.78 is 0. The maximum atomic E-state index is 4.33. The van der Waals surface area contributed by atoms with E-state index in [2.05, 4.69) is 66.2 Å². The number of unbranched alkanes of at least 4 members (excludes halogenated alkanes) is 7. The zero-order valence-electron chi connectivity index (χ0n) is 17.1. The van der Waals surface area contributed by atoms with Crippen LogP contribution in [0.15, 0.2) is 36.4 Å².